The second-order valence-corrected chi connectivity index (χ2v) is 5.53. The van der Waals surface area contributed by atoms with Crippen LogP contribution in [-0.4, -0.2) is 0 Å². The lowest BCUT2D eigenvalue weighted by Gasteiger charge is -2.13. The van der Waals surface area contributed by atoms with Crippen LogP contribution in [0.3, 0.4) is 0 Å². The molecule has 4 heteroatoms. The SMILES string of the molecule is Nc1cc(-c2ccccc2OCc2ccccc2)c(F)cc1Cl. The molecule has 0 atom stereocenters. The molecule has 0 radical (unpaired) electrons. The van der Waals surface area contributed by atoms with E-state index >= 15 is 0 Å². The standard InChI is InChI=1S/C19H15ClFNO/c20-16-11-17(21)15(10-18(16)22)14-8-4-5-9-19(14)23-12-13-6-2-1-3-7-13/h1-11H,12,22H2. The van der Waals surface area contributed by atoms with Crippen molar-refractivity contribution < 1.29 is 9.13 Å². The third-order valence-electron chi connectivity index (χ3n) is 3.50. The summed E-state index contributed by atoms with van der Waals surface area (Å²) in [6.07, 6.45) is 0. The zero-order chi connectivity index (χ0) is 16.2. The van der Waals surface area contributed by atoms with Gasteiger partial charge in [0.05, 0.1) is 10.7 Å². The number of rotatable bonds is 4. The molecule has 0 aliphatic rings. The highest BCUT2D eigenvalue weighted by molar-refractivity contribution is 6.33. The van der Waals surface area contributed by atoms with Gasteiger partial charge in [0.15, 0.2) is 0 Å². The van der Waals surface area contributed by atoms with Gasteiger partial charge in [0, 0.05) is 11.1 Å². The molecule has 0 spiro atoms. The highest BCUT2D eigenvalue weighted by atomic mass is 35.5. The summed E-state index contributed by atoms with van der Waals surface area (Å²) in [6, 6.07) is 19.8. The summed E-state index contributed by atoms with van der Waals surface area (Å²) in [7, 11) is 0. The fourth-order valence-electron chi connectivity index (χ4n) is 2.32. The van der Waals surface area contributed by atoms with Gasteiger partial charge in [-0.05, 0) is 23.8 Å². The minimum absolute atomic E-state index is 0.203. The number of anilines is 1. The Morgan fingerprint density at radius 2 is 1.61 bits per heavy atom. The Hall–Kier alpha value is -2.52. The minimum atomic E-state index is -0.431. The van der Waals surface area contributed by atoms with Gasteiger partial charge in [-0.2, -0.15) is 0 Å². The zero-order valence-corrected chi connectivity index (χ0v) is 13.1. The molecule has 23 heavy (non-hydrogen) atoms. The molecule has 2 nitrogen and oxygen atoms in total. The normalized spacial score (nSPS) is 10.5. The lowest BCUT2D eigenvalue weighted by molar-refractivity contribution is 0.307. The van der Waals surface area contributed by atoms with Crippen molar-refractivity contribution in [2.75, 3.05) is 5.73 Å². The van der Waals surface area contributed by atoms with E-state index in [0.29, 0.717) is 29.2 Å². The number of nitrogens with two attached hydrogens (primary N) is 1. The molecule has 0 saturated carbocycles. The molecule has 0 heterocycles. The van der Waals surface area contributed by atoms with Crippen molar-refractivity contribution in [1.29, 1.82) is 0 Å². The van der Waals surface area contributed by atoms with Crippen LogP contribution in [0.1, 0.15) is 5.56 Å². The molecule has 116 valence electrons. The van der Waals surface area contributed by atoms with Crippen LogP contribution < -0.4 is 10.5 Å². The number of ether oxygens (including phenoxy) is 1. The van der Waals surface area contributed by atoms with Crippen LogP contribution in [0.4, 0.5) is 10.1 Å². The van der Waals surface area contributed by atoms with E-state index in [2.05, 4.69) is 0 Å². The average molecular weight is 328 g/mol. The number of hydrogen-bond donors (Lipinski definition) is 1. The van der Waals surface area contributed by atoms with Crippen molar-refractivity contribution in [3.8, 4) is 16.9 Å². The Morgan fingerprint density at radius 1 is 0.913 bits per heavy atom. The van der Waals surface area contributed by atoms with Crippen LogP contribution in [0.2, 0.25) is 5.02 Å². The van der Waals surface area contributed by atoms with Gasteiger partial charge in [0.1, 0.15) is 18.2 Å². The van der Waals surface area contributed by atoms with Crippen LogP contribution in [0.25, 0.3) is 11.1 Å². The Labute approximate surface area is 139 Å². The lowest BCUT2D eigenvalue weighted by Crippen LogP contribution is -1.98. The molecule has 3 aromatic carbocycles. The topological polar surface area (TPSA) is 35.2 Å². The summed E-state index contributed by atoms with van der Waals surface area (Å²) in [5, 5.41) is 0.203. The zero-order valence-electron chi connectivity index (χ0n) is 12.3. The van der Waals surface area contributed by atoms with Crippen LogP contribution in [0.5, 0.6) is 5.75 Å². The predicted octanol–water partition coefficient (Wildman–Crippen LogP) is 5.31. The van der Waals surface area contributed by atoms with E-state index in [0.717, 1.165) is 5.56 Å². The fourth-order valence-corrected chi connectivity index (χ4v) is 2.47. The quantitative estimate of drug-likeness (QED) is 0.659. The van der Waals surface area contributed by atoms with E-state index in [1.807, 2.05) is 48.5 Å². The van der Waals surface area contributed by atoms with Gasteiger partial charge in [-0.3, -0.25) is 0 Å². The number of benzene rings is 3. The van der Waals surface area contributed by atoms with Crippen molar-refractivity contribution in [3.05, 3.63) is 83.1 Å². The molecule has 0 saturated heterocycles. The maximum absolute atomic E-state index is 14.3. The Morgan fingerprint density at radius 3 is 2.39 bits per heavy atom. The summed E-state index contributed by atoms with van der Waals surface area (Å²) in [4.78, 5) is 0. The molecule has 0 aliphatic carbocycles. The first-order valence-corrected chi connectivity index (χ1v) is 7.53. The van der Waals surface area contributed by atoms with Gasteiger partial charge in [-0.25, -0.2) is 4.39 Å². The van der Waals surface area contributed by atoms with Gasteiger partial charge < -0.3 is 10.5 Å². The monoisotopic (exact) mass is 327 g/mol. The maximum Gasteiger partial charge on any atom is 0.132 e. The Bertz CT molecular complexity index is 821. The molecule has 3 rings (SSSR count). The molecule has 0 amide bonds. The summed E-state index contributed by atoms with van der Waals surface area (Å²) in [6.45, 7) is 0.405. The van der Waals surface area contributed by atoms with E-state index in [1.165, 1.54) is 12.1 Å². The van der Waals surface area contributed by atoms with Crippen LogP contribution in [-0.2, 0) is 6.61 Å². The number of nitrogen functional groups attached to an aromatic ring is 1. The Balaban J connectivity index is 1.94. The Kier molecular flexibility index (Phi) is 4.49. The maximum atomic E-state index is 14.3. The average Bonchev–Trinajstić information content (AvgIpc) is 2.58. The molecule has 0 fully saturated rings. The van der Waals surface area contributed by atoms with Crippen LogP contribution in [0, 0.1) is 5.82 Å². The summed E-state index contributed by atoms with van der Waals surface area (Å²) in [5.41, 5.74) is 8.19. The van der Waals surface area contributed by atoms with Crippen molar-refractivity contribution in [1.82, 2.24) is 0 Å². The van der Waals surface area contributed by atoms with E-state index in [-0.39, 0.29) is 5.02 Å². The molecule has 2 N–H and O–H groups in total. The molecular weight excluding hydrogens is 313 g/mol. The number of para-hydroxylation sites is 1. The third-order valence-corrected chi connectivity index (χ3v) is 3.83. The minimum Gasteiger partial charge on any atom is -0.488 e. The third kappa shape index (κ3) is 3.46. The molecule has 0 aliphatic heterocycles. The summed E-state index contributed by atoms with van der Waals surface area (Å²) in [5.74, 6) is 0.164. The van der Waals surface area contributed by atoms with Gasteiger partial charge in [-0.1, -0.05) is 60.1 Å². The lowest BCUT2D eigenvalue weighted by atomic mass is 10.0. The number of halogens is 2. The molecule has 0 unspecified atom stereocenters. The van der Waals surface area contributed by atoms with Gasteiger partial charge in [0.25, 0.3) is 0 Å². The van der Waals surface area contributed by atoms with E-state index in [4.69, 9.17) is 22.1 Å². The second kappa shape index (κ2) is 6.71. The molecule has 0 aromatic heterocycles. The van der Waals surface area contributed by atoms with Gasteiger partial charge in [0.2, 0.25) is 0 Å². The first-order valence-electron chi connectivity index (χ1n) is 7.16. The smallest absolute Gasteiger partial charge is 0.132 e. The summed E-state index contributed by atoms with van der Waals surface area (Å²) >= 11 is 5.86. The predicted molar refractivity (Wildman–Crippen MR) is 92.0 cm³/mol. The molecule has 3 aromatic rings. The van der Waals surface area contributed by atoms with Crippen molar-refractivity contribution in [2.45, 2.75) is 6.61 Å². The van der Waals surface area contributed by atoms with E-state index in [9.17, 15) is 4.39 Å². The first kappa shape index (κ1) is 15.4. The van der Waals surface area contributed by atoms with Crippen molar-refractivity contribution in [2.24, 2.45) is 0 Å². The fraction of sp³-hybridized carbons (Fsp3) is 0.0526. The summed E-state index contributed by atoms with van der Waals surface area (Å²) < 4.78 is 20.1. The van der Waals surface area contributed by atoms with Gasteiger partial charge >= 0.3 is 0 Å². The molecule has 0 bridgehead atoms. The van der Waals surface area contributed by atoms with Gasteiger partial charge in [-0.15, -0.1) is 0 Å². The first-order chi connectivity index (χ1) is 11.1. The molecular formula is C19H15ClFNO. The van der Waals surface area contributed by atoms with Crippen molar-refractivity contribution in [3.63, 3.8) is 0 Å². The highest BCUT2D eigenvalue weighted by Crippen LogP contribution is 2.35. The largest absolute Gasteiger partial charge is 0.488 e. The second-order valence-electron chi connectivity index (χ2n) is 5.12. The van der Waals surface area contributed by atoms with Crippen molar-refractivity contribution >= 4 is 17.3 Å². The van der Waals surface area contributed by atoms with E-state index < -0.39 is 5.82 Å². The van der Waals surface area contributed by atoms with Crippen LogP contribution >= 0.6 is 11.6 Å². The highest BCUT2D eigenvalue weighted by Gasteiger charge is 2.13. The number of hydrogen-bond acceptors (Lipinski definition) is 2. The van der Waals surface area contributed by atoms with E-state index in [1.54, 1.807) is 6.07 Å². The van der Waals surface area contributed by atoms with Crippen LogP contribution in [0.15, 0.2) is 66.7 Å².